The van der Waals surface area contributed by atoms with E-state index in [1.165, 1.54) is 50.3 Å². The van der Waals surface area contributed by atoms with E-state index in [-0.39, 0.29) is 0 Å². The van der Waals surface area contributed by atoms with E-state index in [2.05, 4.69) is 30.5 Å². The third kappa shape index (κ3) is 2.23. The van der Waals surface area contributed by atoms with Crippen molar-refractivity contribution < 1.29 is 0 Å². The van der Waals surface area contributed by atoms with Crippen LogP contribution in [0, 0.1) is 17.3 Å². The maximum atomic E-state index is 6.23. The number of hydrogen-bond donors (Lipinski definition) is 1. The highest BCUT2D eigenvalue weighted by atomic mass is 32.2. The molecule has 1 aliphatic carbocycles. The topological polar surface area (TPSA) is 29.3 Å². The summed E-state index contributed by atoms with van der Waals surface area (Å²) in [6, 6.07) is 0. The van der Waals surface area contributed by atoms with Gasteiger partial charge in [0.15, 0.2) is 0 Å². The summed E-state index contributed by atoms with van der Waals surface area (Å²) in [4.78, 5) is 2.79. The molecule has 0 spiro atoms. The van der Waals surface area contributed by atoms with Crippen LogP contribution in [0.15, 0.2) is 0 Å². The minimum Gasteiger partial charge on any atom is -0.329 e. The van der Waals surface area contributed by atoms with Crippen molar-refractivity contribution in [3.8, 4) is 0 Å². The monoisotopic (exact) mass is 268 g/mol. The van der Waals surface area contributed by atoms with Crippen LogP contribution in [-0.4, -0.2) is 41.6 Å². The maximum Gasteiger partial charge on any atom is 0.0427 e. The average Bonchev–Trinajstić information content (AvgIpc) is 2.87. The van der Waals surface area contributed by atoms with E-state index in [0.717, 1.165) is 18.4 Å². The summed E-state index contributed by atoms with van der Waals surface area (Å²) in [5.41, 5.74) is 7.00. The summed E-state index contributed by atoms with van der Waals surface area (Å²) in [5, 5.41) is 0. The Bertz CT molecular complexity index is 306. The van der Waals surface area contributed by atoms with Crippen molar-refractivity contribution in [3.63, 3.8) is 0 Å². The fourth-order valence-corrected chi connectivity index (χ4v) is 6.13. The first kappa shape index (κ1) is 13.3. The van der Waals surface area contributed by atoms with Crippen LogP contribution in [0.1, 0.15) is 39.5 Å². The molecule has 2 N–H and O–H groups in total. The molecule has 3 rings (SSSR count). The Morgan fingerprint density at radius 2 is 1.83 bits per heavy atom. The normalized spacial score (nSPS) is 44.2. The summed E-state index contributed by atoms with van der Waals surface area (Å²) in [7, 11) is 0. The number of thioether (sulfide) groups is 1. The lowest BCUT2D eigenvalue weighted by atomic mass is 9.79. The highest BCUT2D eigenvalue weighted by Gasteiger charge is 2.48. The molecule has 104 valence electrons. The summed E-state index contributed by atoms with van der Waals surface area (Å²) >= 11 is 2.13. The van der Waals surface area contributed by atoms with Gasteiger partial charge in [0.25, 0.3) is 0 Å². The zero-order valence-corrected chi connectivity index (χ0v) is 12.8. The van der Waals surface area contributed by atoms with E-state index in [1.54, 1.807) is 0 Å². The van der Waals surface area contributed by atoms with Gasteiger partial charge >= 0.3 is 0 Å². The lowest BCUT2D eigenvalue weighted by molar-refractivity contribution is 0.0838. The fraction of sp³-hybridized carbons (Fsp3) is 1.00. The SMILES string of the molecule is CC1(C)CSCC(CN)(N2CC3CCCC3C2)C1. The molecule has 2 nitrogen and oxygen atoms in total. The number of hydrogen-bond acceptors (Lipinski definition) is 3. The second-order valence-electron chi connectivity index (χ2n) is 7.62. The Balaban J connectivity index is 1.75. The Morgan fingerprint density at radius 3 is 2.39 bits per heavy atom. The van der Waals surface area contributed by atoms with Gasteiger partial charge < -0.3 is 5.73 Å². The standard InChI is InChI=1S/C15H28N2S/c1-14(2)8-15(9-16,11-18-10-14)17-6-12-4-3-5-13(12)7-17/h12-13H,3-11,16H2,1-2H3. The van der Waals surface area contributed by atoms with Gasteiger partial charge in [-0.15, -0.1) is 0 Å². The zero-order valence-electron chi connectivity index (χ0n) is 12.0. The van der Waals surface area contributed by atoms with Gasteiger partial charge in [0.2, 0.25) is 0 Å². The van der Waals surface area contributed by atoms with Crippen LogP contribution in [0.2, 0.25) is 0 Å². The molecule has 3 aliphatic rings. The molecule has 3 atom stereocenters. The molecule has 0 aromatic heterocycles. The molecule has 3 fully saturated rings. The molecule has 2 saturated heterocycles. The van der Waals surface area contributed by atoms with Crippen LogP contribution in [0.25, 0.3) is 0 Å². The third-order valence-electron chi connectivity index (χ3n) is 5.45. The largest absolute Gasteiger partial charge is 0.329 e. The number of fused-ring (bicyclic) bond motifs is 1. The zero-order chi connectivity index (χ0) is 12.8. The first-order valence-electron chi connectivity index (χ1n) is 7.58. The molecule has 0 bridgehead atoms. The Labute approximate surface area is 116 Å². The van der Waals surface area contributed by atoms with Crippen molar-refractivity contribution in [2.24, 2.45) is 23.0 Å². The van der Waals surface area contributed by atoms with E-state index in [9.17, 15) is 0 Å². The van der Waals surface area contributed by atoms with Crippen LogP contribution in [0.5, 0.6) is 0 Å². The number of likely N-dealkylation sites (tertiary alicyclic amines) is 1. The summed E-state index contributed by atoms with van der Waals surface area (Å²) < 4.78 is 0. The molecule has 0 amide bonds. The molecule has 18 heavy (non-hydrogen) atoms. The van der Waals surface area contributed by atoms with Gasteiger partial charge in [-0.1, -0.05) is 20.3 Å². The first-order valence-corrected chi connectivity index (χ1v) is 8.73. The average molecular weight is 268 g/mol. The Morgan fingerprint density at radius 1 is 1.17 bits per heavy atom. The van der Waals surface area contributed by atoms with Gasteiger partial charge in [-0.3, -0.25) is 4.90 Å². The molecule has 2 heterocycles. The Kier molecular flexibility index (Phi) is 3.44. The van der Waals surface area contributed by atoms with Gasteiger partial charge in [-0.2, -0.15) is 11.8 Å². The van der Waals surface area contributed by atoms with Gasteiger partial charge in [0, 0.05) is 30.9 Å². The molecule has 0 radical (unpaired) electrons. The van der Waals surface area contributed by atoms with Crippen molar-refractivity contribution in [2.75, 3.05) is 31.1 Å². The van der Waals surface area contributed by atoms with Gasteiger partial charge in [0.05, 0.1) is 0 Å². The Hall–Kier alpha value is 0.270. The highest BCUT2D eigenvalue weighted by Crippen LogP contribution is 2.46. The molecular weight excluding hydrogens is 240 g/mol. The third-order valence-corrected chi connectivity index (χ3v) is 7.18. The van der Waals surface area contributed by atoms with Crippen molar-refractivity contribution in [2.45, 2.75) is 45.1 Å². The first-order chi connectivity index (χ1) is 8.55. The smallest absolute Gasteiger partial charge is 0.0427 e. The summed E-state index contributed by atoms with van der Waals surface area (Å²) in [5.74, 6) is 4.54. The number of nitrogens with zero attached hydrogens (tertiary/aromatic N) is 1. The molecule has 3 unspecified atom stereocenters. The van der Waals surface area contributed by atoms with E-state index in [1.807, 2.05) is 0 Å². The summed E-state index contributed by atoms with van der Waals surface area (Å²) in [6.45, 7) is 8.35. The molecule has 2 aliphatic heterocycles. The molecule has 1 saturated carbocycles. The predicted octanol–water partition coefficient (Wildman–Crippen LogP) is 2.58. The second kappa shape index (κ2) is 4.68. The van der Waals surface area contributed by atoms with Crippen LogP contribution in [0.3, 0.4) is 0 Å². The minimum absolute atomic E-state index is 0.302. The van der Waals surface area contributed by atoms with E-state index in [0.29, 0.717) is 11.0 Å². The lowest BCUT2D eigenvalue weighted by Crippen LogP contribution is -2.59. The summed E-state index contributed by atoms with van der Waals surface area (Å²) in [6.07, 6.45) is 5.71. The van der Waals surface area contributed by atoms with E-state index < -0.39 is 0 Å². The van der Waals surface area contributed by atoms with Gasteiger partial charge in [-0.05, 0) is 42.3 Å². The van der Waals surface area contributed by atoms with Gasteiger partial charge in [0.1, 0.15) is 0 Å². The van der Waals surface area contributed by atoms with Crippen LogP contribution < -0.4 is 5.73 Å². The van der Waals surface area contributed by atoms with Crippen LogP contribution >= 0.6 is 11.8 Å². The predicted molar refractivity (Wildman–Crippen MR) is 79.9 cm³/mol. The van der Waals surface area contributed by atoms with Crippen molar-refractivity contribution in [1.82, 2.24) is 4.90 Å². The quantitative estimate of drug-likeness (QED) is 0.834. The molecule has 0 aromatic rings. The molecule has 0 aromatic carbocycles. The molecule has 3 heteroatoms. The van der Waals surface area contributed by atoms with Gasteiger partial charge in [-0.25, -0.2) is 0 Å². The highest BCUT2D eigenvalue weighted by molar-refractivity contribution is 7.99. The minimum atomic E-state index is 0.302. The van der Waals surface area contributed by atoms with Crippen LogP contribution in [-0.2, 0) is 0 Å². The second-order valence-corrected chi connectivity index (χ2v) is 8.60. The van der Waals surface area contributed by atoms with E-state index >= 15 is 0 Å². The molecular formula is C15H28N2S. The van der Waals surface area contributed by atoms with Crippen molar-refractivity contribution >= 4 is 11.8 Å². The van der Waals surface area contributed by atoms with Crippen molar-refractivity contribution in [3.05, 3.63) is 0 Å². The fourth-order valence-electron chi connectivity index (χ4n) is 4.60. The number of rotatable bonds is 2. The number of nitrogens with two attached hydrogens (primary N) is 1. The lowest BCUT2D eigenvalue weighted by Gasteiger charge is -2.49. The maximum absolute atomic E-state index is 6.23. The van der Waals surface area contributed by atoms with Crippen LogP contribution in [0.4, 0.5) is 0 Å². The van der Waals surface area contributed by atoms with Crippen molar-refractivity contribution in [1.29, 1.82) is 0 Å². The van der Waals surface area contributed by atoms with E-state index in [4.69, 9.17) is 5.73 Å².